The van der Waals surface area contributed by atoms with Crippen molar-refractivity contribution < 1.29 is 19.1 Å². The van der Waals surface area contributed by atoms with Gasteiger partial charge < -0.3 is 25.4 Å². The minimum absolute atomic E-state index is 0.0267. The molecule has 1 aromatic carbocycles. The van der Waals surface area contributed by atoms with Crippen molar-refractivity contribution in [3.05, 3.63) is 70.6 Å². The van der Waals surface area contributed by atoms with E-state index in [1.54, 1.807) is 25.4 Å². The first-order valence-electron chi connectivity index (χ1n) is 16.3. The summed E-state index contributed by atoms with van der Waals surface area (Å²) in [5.41, 5.74) is 6.21. The number of benzene rings is 1. The maximum absolute atomic E-state index is 12.6. The lowest BCUT2D eigenvalue weighted by Gasteiger charge is -2.21. The maximum atomic E-state index is 12.6. The zero-order valence-electron chi connectivity index (χ0n) is 26.7. The Morgan fingerprint density at radius 2 is 1.96 bits per heavy atom. The van der Waals surface area contributed by atoms with Crippen LogP contribution >= 0.6 is 11.3 Å². The van der Waals surface area contributed by atoms with Crippen molar-refractivity contribution in [2.45, 2.75) is 51.7 Å². The van der Waals surface area contributed by atoms with Gasteiger partial charge >= 0.3 is 0 Å². The molecule has 0 spiro atoms. The van der Waals surface area contributed by atoms with Gasteiger partial charge in [-0.25, -0.2) is 9.97 Å². The van der Waals surface area contributed by atoms with E-state index in [0.717, 1.165) is 42.1 Å². The monoisotopic (exact) mass is 667 g/mol. The smallest absolute Gasteiger partial charge is 0.266 e. The van der Waals surface area contributed by atoms with Gasteiger partial charge in [-0.2, -0.15) is 0 Å². The van der Waals surface area contributed by atoms with Crippen LogP contribution in [-0.2, 0) is 35.5 Å². The van der Waals surface area contributed by atoms with Crippen LogP contribution in [0.2, 0.25) is 0 Å². The quantitative estimate of drug-likeness (QED) is 0.143. The maximum Gasteiger partial charge on any atom is 0.266 e. The van der Waals surface area contributed by atoms with Gasteiger partial charge in [0.15, 0.2) is 4.88 Å². The van der Waals surface area contributed by atoms with Gasteiger partial charge in [0.2, 0.25) is 11.8 Å². The molecule has 2 aliphatic carbocycles. The molecule has 0 aliphatic heterocycles. The first-order valence-corrected chi connectivity index (χ1v) is 17.1. The van der Waals surface area contributed by atoms with E-state index in [1.165, 1.54) is 41.1 Å². The van der Waals surface area contributed by atoms with Gasteiger partial charge in [-0.1, -0.05) is 23.4 Å². The van der Waals surface area contributed by atoms with Crippen LogP contribution in [0, 0.1) is 5.92 Å². The Balaban J connectivity index is 0.903. The molecule has 0 radical (unpaired) electrons. The summed E-state index contributed by atoms with van der Waals surface area (Å²) in [6.45, 7) is 2.09. The minimum Gasteiger partial charge on any atom is -0.474 e. The van der Waals surface area contributed by atoms with E-state index < -0.39 is 0 Å². The molecule has 4 heterocycles. The fourth-order valence-corrected chi connectivity index (χ4v) is 6.70. The Hall–Kier alpha value is -4.95. The molecule has 248 valence electrons. The second-order valence-corrected chi connectivity index (χ2v) is 12.9. The zero-order valence-corrected chi connectivity index (χ0v) is 27.5. The van der Waals surface area contributed by atoms with E-state index in [4.69, 9.17) is 14.5 Å². The lowest BCUT2D eigenvalue weighted by Crippen LogP contribution is -2.18. The number of aryl methyl sites for hydroxylation is 1. The predicted octanol–water partition coefficient (Wildman–Crippen LogP) is 4.64. The highest BCUT2D eigenvalue weighted by atomic mass is 32.1. The number of ether oxygens (including phenoxy) is 2. The summed E-state index contributed by atoms with van der Waals surface area (Å²) < 4.78 is 13.5. The number of anilines is 2. The topological polar surface area (TPSA) is 158 Å². The van der Waals surface area contributed by atoms with Crippen LogP contribution < -0.4 is 20.7 Å². The average molecular weight is 668 g/mol. The van der Waals surface area contributed by atoms with Crippen LogP contribution in [0.25, 0.3) is 21.5 Å². The summed E-state index contributed by atoms with van der Waals surface area (Å²) in [6.07, 6.45) is 9.75. The lowest BCUT2D eigenvalue weighted by atomic mass is 9.92. The molecule has 0 unspecified atom stereocenters. The molecule has 13 nitrogen and oxygen atoms in total. The van der Waals surface area contributed by atoms with Gasteiger partial charge in [0.1, 0.15) is 23.1 Å². The highest BCUT2D eigenvalue weighted by Gasteiger charge is 2.30. The summed E-state index contributed by atoms with van der Waals surface area (Å²) in [5, 5.41) is 19.4. The number of nitrogens with zero attached hydrogens (tertiary/aromatic N) is 6. The Labute approximate surface area is 281 Å². The molecular weight excluding hydrogens is 630 g/mol. The normalized spacial score (nSPS) is 14.0. The molecule has 3 N–H and O–H groups in total. The van der Waals surface area contributed by atoms with Crippen molar-refractivity contribution in [1.29, 1.82) is 0 Å². The molecule has 48 heavy (non-hydrogen) atoms. The number of rotatable bonds is 14. The van der Waals surface area contributed by atoms with Gasteiger partial charge in [0, 0.05) is 48.0 Å². The molecule has 0 bridgehead atoms. The standard InChI is InChI=1S/C34H37N9O4S/c1-35-32(45)30-33(40-34(48-30)22-12-13-36-28(18-22)39-31(44)21-10-11-21)47-17-16-46-20-23-19-43(42-41-23)15-14-37-29-24-6-2-4-8-26(24)38-27-9-5-3-7-25(27)29/h2,4,6,8,12-13,18-19,21H,3,5,7,9-11,14-17,20H2,1H3,(H,35,45)(H,37,38)(H,36,39,44). The number of hydrogen-bond acceptors (Lipinski definition) is 11. The second kappa shape index (κ2) is 14.4. The van der Waals surface area contributed by atoms with Crippen LogP contribution in [0.3, 0.4) is 0 Å². The van der Waals surface area contributed by atoms with E-state index in [-0.39, 0.29) is 43.4 Å². The van der Waals surface area contributed by atoms with Gasteiger partial charge in [-0.05, 0) is 62.3 Å². The number of thiazole rings is 1. The van der Waals surface area contributed by atoms with Gasteiger partial charge in [-0.3, -0.25) is 19.3 Å². The minimum atomic E-state index is -0.297. The Bertz CT molecular complexity index is 1940. The van der Waals surface area contributed by atoms with Gasteiger partial charge in [0.05, 0.1) is 31.5 Å². The number of nitrogens with one attached hydrogen (secondary N) is 3. The van der Waals surface area contributed by atoms with E-state index in [2.05, 4.69) is 54.4 Å². The number of para-hydroxylation sites is 1. The van der Waals surface area contributed by atoms with Crippen molar-refractivity contribution in [3.8, 4) is 16.5 Å². The lowest BCUT2D eigenvalue weighted by molar-refractivity contribution is -0.117. The largest absolute Gasteiger partial charge is 0.474 e. The van der Waals surface area contributed by atoms with Crippen molar-refractivity contribution in [3.63, 3.8) is 0 Å². The summed E-state index contributed by atoms with van der Waals surface area (Å²) in [5.74, 6) is 0.414. The average Bonchev–Trinajstić information content (AvgIpc) is 3.74. The van der Waals surface area contributed by atoms with Crippen LogP contribution in [0.5, 0.6) is 5.88 Å². The first kappa shape index (κ1) is 31.6. The van der Waals surface area contributed by atoms with Crippen molar-refractivity contribution in [2.24, 2.45) is 5.92 Å². The predicted molar refractivity (Wildman–Crippen MR) is 182 cm³/mol. The number of carbonyl (C=O) groups excluding carboxylic acids is 2. The number of pyridine rings is 2. The number of amides is 2. The third-order valence-corrected chi connectivity index (χ3v) is 9.43. The number of hydrogen-bond donors (Lipinski definition) is 3. The summed E-state index contributed by atoms with van der Waals surface area (Å²) >= 11 is 1.21. The Kier molecular flexibility index (Phi) is 9.52. The molecule has 2 aliphatic rings. The fourth-order valence-electron chi connectivity index (χ4n) is 5.75. The highest BCUT2D eigenvalue weighted by molar-refractivity contribution is 7.17. The summed E-state index contributed by atoms with van der Waals surface area (Å²) in [6, 6.07) is 11.8. The Morgan fingerprint density at radius 1 is 1.08 bits per heavy atom. The van der Waals surface area contributed by atoms with Crippen molar-refractivity contribution in [1.82, 2.24) is 35.3 Å². The molecule has 14 heteroatoms. The molecule has 1 fully saturated rings. The highest BCUT2D eigenvalue weighted by Crippen LogP contribution is 2.35. The molecule has 4 aromatic heterocycles. The van der Waals surface area contributed by atoms with Crippen molar-refractivity contribution >= 4 is 45.6 Å². The Morgan fingerprint density at radius 3 is 2.83 bits per heavy atom. The van der Waals surface area contributed by atoms with E-state index in [9.17, 15) is 9.59 Å². The second-order valence-electron chi connectivity index (χ2n) is 11.9. The number of carbonyl (C=O) groups is 2. The van der Waals surface area contributed by atoms with Crippen LogP contribution in [-0.4, -0.2) is 68.6 Å². The fraction of sp³-hybridized carbons (Fsp3) is 0.382. The molecule has 7 rings (SSSR count). The van der Waals surface area contributed by atoms with E-state index >= 15 is 0 Å². The molecule has 0 atom stereocenters. The van der Waals surface area contributed by atoms with E-state index in [0.29, 0.717) is 34.5 Å². The first-order chi connectivity index (χ1) is 23.6. The molecule has 0 saturated heterocycles. The van der Waals surface area contributed by atoms with Crippen LogP contribution in [0.1, 0.15) is 52.3 Å². The van der Waals surface area contributed by atoms with Crippen LogP contribution in [0.15, 0.2) is 48.8 Å². The third kappa shape index (κ3) is 7.29. The zero-order chi connectivity index (χ0) is 32.9. The molecular formula is C34H37N9O4S. The van der Waals surface area contributed by atoms with Gasteiger partial charge in [-0.15, -0.1) is 16.4 Å². The van der Waals surface area contributed by atoms with E-state index in [1.807, 2.05) is 16.9 Å². The molecule has 5 aromatic rings. The third-order valence-electron chi connectivity index (χ3n) is 8.35. The SMILES string of the molecule is CNC(=O)c1sc(-c2ccnc(NC(=O)C3CC3)c2)nc1OCCOCc1cn(CCNc2c3c(nc4ccccc24)CCCC3)nn1. The number of aromatic nitrogens is 6. The number of fused-ring (bicyclic) bond motifs is 2. The van der Waals surface area contributed by atoms with Gasteiger partial charge in [0.25, 0.3) is 5.91 Å². The summed E-state index contributed by atoms with van der Waals surface area (Å²) in [4.78, 5) is 38.9. The molecule has 1 saturated carbocycles. The summed E-state index contributed by atoms with van der Waals surface area (Å²) in [7, 11) is 1.56. The molecule has 2 amide bonds. The van der Waals surface area contributed by atoms with Crippen molar-refractivity contribution in [2.75, 3.05) is 37.4 Å². The van der Waals surface area contributed by atoms with Crippen LogP contribution in [0.4, 0.5) is 11.5 Å².